The van der Waals surface area contributed by atoms with Crippen molar-refractivity contribution in [3.8, 4) is 23.0 Å². The molecular weight excluding hydrogens is 550 g/mol. The van der Waals surface area contributed by atoms with Crippen molar-refractivity contribution in [1.82, 2.24) is 9.80 Å². The van der Waals surface area contributed by atoms with E-state index in [1.165, 1.54) is 11.8 Å². The summed E-state index contributed by atoms with van der Waals surface area (Å²) >= 11 is 7.08. The number of thiocarbonyl (C=S) groups is 1. The quantitative estimate of drug-likeness (QED) is 0.341. The number of rotatable bonds is 8. The van der Waals surface area contributed by atoms with E-state index in [9.17, 15) is 9.59 Å². The fourth-order valence-corrected chi connectivity index (χ4v) is 8.67. The van der Waals surface area contributed by atoms with E-state index in [4.69, 9.17) is 31.2 Å². The van der Waals surface area contributed by atoms with Gasteiger partial charge in [0.15, 0.2) is 17.0 Å². The zero-order chi connectivity index (χ0) is 29.0. The molecule has 9 nitrogen and oxygen atoms in total. The predicted molar refractivity (Wildman–Crippen MR) is 159 cm³/mol. The molecule has 212 valence electrons. The monoisotopic (exact) mass is 583 g/mol. The van der Waals surface area contributed by atoms with Gasteiger partial charge in [0.05, 0.1) is 27.9 Å². The molecule has 2 aromatic rings. The first-order chi connectivity index (χ1) is 19.2. The van der Waals surface area contributed by atoms with Gasteiger partial charge in [-0.2, -0.15) is 0 Å². The molecule has 0 aliphatic carbocycles. The molecule has 3 atom stereocenters. The lowest BCUT2D eigenvalue weighted by atomic mass is 9.72. The number of carbonyl (C=O) groups excluding carboxylic acids is 2. The number of hydrogen-bond acceptors (Lipinski definition) is 9. The highest BCUT2D eigenvalue weighted by Crippen LogP contribution is 2.67. The summed E-state index contributed by atoms with van der Waals surface area (Å²) in [6.07, 6.45) is 1.65. The Kier molecular flexibility index (Phi) is 7.26. The van der Waals surface area contributed by atoms with Crippen LogP contribution in [0.3, 0.4) is 0 Å². The summed E-state index contributed by atoms with van der Waals surface area (Å²) < 4.78 is 21.8. The largest absolute Gasteiger partial charge is 0.494 e. The van der Waals surface area contributed by atoms with E-state index < -0.39 is 16.2 Å². The Hall–Kier alpha value is -3.28. The van der Waals surface area contributed by atoms with Crippen LogP contribution in [-0.2, 0) is 15.1 Å². The normalized spacial score (nSPS) is 25.8. The fourth-order valence-electron chi connectivity index (χ4n) is 6.52. The van der Waals surface area contributed by atoms with Crippen molar-refractivity contribution in [2.75, 3.05) is 60.0 Å². The second-order valence-electron chi connectivity index (χ2n) is 9.89. The van der Waals surface area contributed by atoms with Crippen molar-refractivity contribution in [3.05, 3.63) is 54.1 Å². The first kappa shape index (κ1) is 28.3. The summed E-state index contributed by atoms with van der Waals surface area (Å²) in [6.45, 7) is 6.84. The van der Waals surface area contributed by atoms with Crippen LogP contribution in [-0.4, -0.2) is 85.8 Å². The molecule has 2 fully saturated rings. The molecule has 0 unspecified atom stereocenters. The summed E-state index contributed by atoms with van der Waals surface area (Å²) in [5.74, 6) is 1.09. The SMILES string of the molecule is C=CCN1C(=O)[C@]2(SC1=S)[C@H](c1cc(OC)c(OC)c(OC)c1)CN(C)[C@@]21C(=O)N(C)c2ccc(OCC)cc21. The molecule has 40 heavy (non-hydrogen) atoms. The van der Waals surface area contributed by atoms with Gasteiger partial charge < -0.3 is 23.8 Å². The summed E-state index contributed by atoms with van der Waals surface area (Å²) in [7, 11) is 8.28. The van der Waals surface area contributed by atoms with E-state index >= 15 is 0 Å². The van der Waals surface area contributed by atoms with Crippen molar-refractivity contribution in [1.29, 1.82) is 0 Å². The van der Waals surface area contributed by atoms with E-state index in [-0.39, 0.29) is 18.4 Å². The molecule has 0 radical (unpaired) electrons. The average Bonchev–Trinajstić information content (AvgIpc) is 3.45. The minimum absolute atomic E-state index is 0.197. The maximum atomic E-state index is 14.8. The van der Waals surface area contributed by atoms with Crippen molar-refractivity contribution in [2.24, 2.45) is 0 Å². The molecule has 2 aromatic carbocycles. The third-order valence-corrected chi connectivity index (χ3v) is 10.1. The molecule has 2 saturated heterocycles. The van der Waals surface area contributed by atoms with Gasteiger partial charge in [-0.15, -0.1) is 6.58 Å². The number of ether oxygens (including phenoxy) is 4. The Labute approximate surface area is 244 Å². The van der Waals surface area contributed by atoms with Gasteiger partial charge in [-0.1, -0.05) is 30.1 Å². The molecule has 11 heteroatoms. The summed E-state index contributed by atoms with van der Waals surface area (Å²) in [5.41, 5.74) is 0.850. The van der Waals surface area contributed by atoms with Crippen LogP contribution >= 0.6 is 24.0 Å². The van der Waals surface area contributed by atoms with E-state index in [1.54, 1.807) is 44.3 Å². The molecule has 3 aliphatic rings. The maximum Gasteiger partial charge on any atom is 0.254 e. The van der Waals surface area contributed by atoms with Gasteiger partial charge in [0.2, 0.25) is 11.7 Å². The minimum atomic E-state index is -1.36. The van der Waals surface area contributed by atoms with Gasteiger partial charge in [0, 0.05) is 37.3 Å². The Morgan fingerprint density at radius 3 is 2.33 bits per heavy atom. The predicted octanol–water partition coefficient (Wildman–Crippen LogP) is 3.80. The number of nitrogens with zero attached hydrogens (tertiary/aromatic N) is 3. The van der Waals surface area contributed by atoms with Gasteiger partial charge in [-0.05, 0) is 49.9 Å². The van der Waals surface area contributed by atoms with Crippen molar-refractivity contribution >= 4 is 45.8 Å². The van der Waals surface area contributed by atoms with Gasteiger partial charge in [0.25, 0.3) is 5.91 Å². The Morgan fingerprint density at radius 2 is 1.75 bits per heavy atom. The summed E-state index contributed by atoms with van der Waals surface area (Å²) in [4.78, 5) is 34.6. The molecule has 3 aliphatic heterocycles. The van der Waals surface area contributed by atoms with Crippen LogP contribution in [0.2, 0.25) is 0 Å². The van der Waals surface area contributed by atoms with E-state index in [1.807, 2.05) is 49.2 Å². The average molecular weight is 584 g/mol. The smallest absolute Gasteiger partial charge is 0.254 e. The number of anilines is 1. The summed E-state index contributed by atoms with van der Waals surface area (Å²) in [6, 6.07) is 9.33. The Balaban J connectivity index is 1.84. The van der Waals surface area contributed by atoms with E-state index in [0.717, 1.165) is 11.3 Å². The first-order valence-corrected chi connectivity index (χ1v) is 14.1. The maximum absolute atomic E-state index is 14.8. The molecule has 0 bridgehead atoms. The van der Waals surface area contributed by atoms with Crippen LogP contribution in [0, 0.1) is 0 Å². The molecule has 5 rings (SSSR count). The molecule has 0 aromatic heterocycles. The van der Waals surface area contributed by atoms with Gasteiger partial charge in [0.1, 0.15) is 14.8 Å². The minimum Gasteiger partial charge on any atom is -0.494 e. The molecule has 0 saturated carbocycles. The van der Waals surface area contributed by atoms with Crippen LogP contribution in [0.25, 0.3) is 0 Å². The van der Waals surface area contributed by atoms with Crippen LogP contribution in [0.15, 0.2) is 43.0 Å². The molecule has 3 heterocycles. The zero-order valence-corrected chi connectivity index (χ0v) is 25.1. The number of thioether (sulfide) groups is 1. The number of carbonyl (C=O) groups is 2. The lowest BCUT2D eigenvalue weighted by Gasteiger charge is -2.42. The molecule has 0 N–H and O–H groups in total. The van der Waals surface area contributed by atoms with Gasteiger partial charge in [-0.3, -0.25) is 19.4 Å². The lowest BCUT2D eigenvalue weighted by molar-refractivity contribution is -0.138. The van der Waals surface area contributed by atoms with Crippen LogP contribution < -0.4 is 23.8 Å². The number of benzene rings is 2. The zero-order valence-electron chi connectivity index (χ0n) is 23.5. The third-order valence-electron chi connectivity index (χ3n) is 8.13. The van der Waals surface area contributed by atoms with Crippen LogP contribution in [0.5, 0.6) is 23.0 Å². The third kappa shape index (κ3) is 3.53. The topological polar surface area (TPSA) is 80.8 Å². The highest BCUT2D eigenvalue weighted by Gasteiger charge is 2.78. The van der Waals surface area contributed by atoms with Gasteiger partial charge >= 0.3 is 0 Å². The van der Waals surface area contributed by atoms with Crippen molar-refractivity contribution in [2.45, 2.75) is 23.1 Å². The second kappa shape index (κ2) is 10.3. The highest BCUT2D eigenvalue weighted by atomic mass is 32.2. The van der Waals surface area contributed by atoms with Crippen molar-refractivity contribution in [3.63, 3.8) is 0 Å². The summed E-state index contributed by atoms with van der Waals surface area (Å²) in [5, 5.41) is 0. The van der Waals surface area contributed by atoms with E-state index in [0.29, 0.717) is 46.0 Å². The number of likely N-dealkylation sites (tertiary alicyclic amines) is 1. The number of fused-ring (bicyclic) bond motifs is 3. The number of hydrogen-bond donors (Lipinski definition) is 0. The van der Waals surface area contributed by atoms with Crippen molar-refractivity contribution < 1.29 is 28.5 Å². The van der Waals surface area contributed by atoms with Crippen LogP contribution in [0.1, 0.15) is 24.0 Å². The molecule has 2 amide bonds. The van der Waals surface area contributed by atoms with Gasteiger partial charge in [-0.25, -0.2) is 0 Å². The number of amides is 2. The molecular formula is C29H33N3O6S2. The number of methoxy groups -OCH3 is 3. The Bertz CT molecular complexity index is 1390. The number of likely N-dealkylation sites (N-methyl/N-ethyl adjacent to an activating group) is 2. The standard InChI is InChI=1S/C29H33N3O6S2/c1-8-12-32-26(34)29(40-27(32)39)20(17-13-22(35-5)24(37-7)23(14-17)36-6)16-30(3)28(29)19-15-18(38-9-2)10-11-21(19)31(4)25(28)33/h8,10-11,13-15,20H,1,9,12,16H2,2-7H3/t20-,28-,29+/m0/s1. The fraction of sp³-hybridized carbons (Fsp3) is 0.414. The first-order valence-electron chi connectivity index (χ1n) is 12.9. The lowest BCUT2D eigenvalue weighted by Crippen LogP contribution is -2.62. The second-order valence-corrected chi connectivity index (χ2v) is 11.8. The molecule has 2 spiro atoms. The Morgan fingerprint density at radius 1 is 1.07 bits per heavy atom. The van der Waals surface area contributed by atoms with E-state index in [2.05, 4.69) is 6.58 Å². The highest BCUT2D eigenvalue weighted by molar-refractivity contribution is 8.25. The van der Waals surface area contributed by atoms with Crippen LogP contribution in [0.4, 0.5) is 5.69 Å².